The lowest BCUT2D eigenvalue weighted by molar-refractivity contribution is 0.0967. The van der Waals surface area contributed by atoms with Crippen LogP contribution in [0.15, 0.2) is 16.6 Å². The summed E-state index contributed by atoms with van der Waals surface area (Å²) in [5, 5.41) is 0. The lowest BCUT2D eigenvalue weighted by Crippen LogP contribution is -2.10. The Bertz CT molecular complexity index is 476. The van der Waals surface area contributed by atoms with Crippen LogP contribution in [0.1, 0.15) is 60.9 Å². The first-order chi connectivity index (χ1) is 9.61. The van der Waals surface area contributed by atoms with Crippen molar-refractivity contribution in [2.24, 2.45) is 5.92 Å². The Balaban J connectivity index is 2.02. The van der Waals surface area contributed by atoms with Crippen LogP contribution in [0.2, 0.25) is 0 Å². The second-order valence-electron chi connectivity index (χ2n) is 5.77. The highest BCUT2D eigenvalue weighted by Gasteiger charge is 2.18. The summed E-state index contributed by atoms with van der Waals surface area (Å²) in [4.78, 5) is 12.4. The normalized spacial score (nSPS) is 16.1. The molecule has 0 atom stereocenters. The monoisotopic (exact) mass is 338 g/mol. The minimum Gasteiger partial charge on any atom is -0.496 e. The summed E-state index contributed by atoms with van der Waals surface area (Å²) in [6.07, 6.45) is 8.27. The number of hydrogen-bond acceptors (Lipinski definition) is 2. The second-order valence-corrected chi connectivity index (χ2v) is 6.62. The Morgan fingerprint density at radius 3 is 2.65 bits per heavy atom. The number of methoxy groups -OCH3 is 1. The van der Waals surface area contributed by atoms with E-state index in [1.807, 2.05) is 19.1 Å². The molecule has 0 saturated heterocycles. The van der Waals surface area contributed by atoms with Gasteiger partial charge in [0.05, 0.1) is 12.7 Å². The number of Topliss-reactive ketones (excluding diaryl/α,β-unsaturated/α-hetero) is 1. The molecule has 2 nitrogen and oxygen atoms in total. The fourth-order valence-electron chi connectivity index (χ4n) is 2.99. The zero-order valence-electron chi connectivity index (χ0n) is 12.4. The lowest BCUT2D eigenvalue weighted by atomic mass is 9.85. The van der Waals surface area contributed by atoms with Gasteiger partial charge in [-0.1, -0.05) is 48.0 Å². The fourth-order valence-corrected chi connectivity index (χ4v) is 3.33. The Morgan fingerprint density at radius 2 is 2.00 bits per heavy atom. The Morgan fingerprint density at radius 1 is 1.30 bits per heavy atom. The van der Waals surface area contributed by atoms with Crippen LogP contribution in [-0.2, 0) is 0 Å². The molecular formula is C17H23BrO2. The molecule has 2 rings (SSSR count). The summed E-state index contributed by atoms with van der Waals surface area (Å²) in [7, 11) is 1.63. The minimum atomic E-state index is 0.202. The van der Waals surface area contributed by atoms with E-state index in [9.17, 15) is 4.79 Å². The number of halogens is 1. The summed E-state index contributed by atoms with van der Waals surface area (Å²) in [5.74, 6) is 1.64. The van der Waals surface area contributed by atoms with Gasteiger partial charge in [-0.3, -0.25) is 4.79 Å². The van der Waals surface area contributed by atoms with Crippen LogP contribution in [0.25, 0.3) is 0 Å². The van der Waals surface area contributed by atoms with Gasteiger partial charge in [-0.25, -0.2) is 0 Å². The van der Waals surface area contributed by atoms with Crippen LogP contribution < -0.4 is 4.74 Å². The zero-order chi connectivity index (χ0) is 14.5. The molecule has 0 heterocycles. The van der Waals surface area contributed by atoms with Crippen LogP contribution in [0, 0.1) is 12.8 Å². The molecule has 1 aliphatic carbocycles. The fraction of sp³-hybridized carbons (Fsp3) is 0.588. The zero-order valence-corrected chi connectivity index (χ0v) is 14.0. The van der Waals surface area contributed by atoms with E-state index in [1.54, 1.807) is 7.11 Å². The number of carbonyl (C=O) groups is 1. The predicted molar refractivity (Wildman–Crippen MR) is 85.6 cm³/mol. The van der Waals surface area contributed by atoms with Crippen LogP contribution in [0.5, 0.6) is 5.75 Å². The van der Waals surface area contributed by atoms with Crippen molar-refractivity contribution in [2.45, 2.75) is 51.9 Å². The van der Waals surface area contributed by atoms with Gasteiger partial charge in [0, 0.05) is 10.9 Å². The van der Waals surface area contributed by atoms with Gasteiger partial charge < -0.3 is 4.74 Å². The average Bonchev–Trinajstić information content (AvgIpc) is 2.48. The number of rotatable bonds is 5. The molecule has 1 saturated carbocycles. The molecular weight excluding hydrogens is 316 g/mol. The van der Waals surface area contributed by atoms with E-state index in [0.717, 1.165) is 22.4 Å². The number of benzene rings is 1. The SMILES string of the molecule is COc1cc(C)c(Br)cc1C(=O)CCC1CCCCC1. The Labute approximate surface area is 130 Å². The molecule has 0 unspecified atom stereocenters. The molecule has 1 aliphatic rings. The predicted octanol–water partition coefficient (Wildman–Crippen LogP) is 5.31. The number of ketones is 1. The largest absolute Gasteiger partial charge is 0.496 e. The van der Waals surface area contributed by atoms with Crippen molar-refractivity contribution in [3.05, 3.63) is 27.7 Å². The maximum atomic E-state index is 12.4. The van der Waals surface area contributed by atoms with E-state index in [1.165, 1.54) is 32.1 Å². The standard InChI is InChI=1S/C17H23BrO2/c1-12-10-17(20-2)14(11-15(12)18)16(19)9-8-13-6-4-3-5-7-13/h10-11,13H,3-9H2,1-2H3. The van der Waals surface area contributed by atoms with Gasteiger partial charge in [-0.2, -0.15) is 0 Å². The van der Waals surface area contributed by atoms with Crippen LogP contribution in [0.3, 0.4) is 0 Å². The molecule has 1 fully saturated rings. The van der Waals surface area contributed by atoms with E-state index in [-0.39, 0.29) is 5.78 Å². The summed E-state index contributed by atoms with van der Waals surface area (Å²) >= 11 is 3.50. The molecule has 3 heteroatoms. The van der Waals surface area contributed by atoms with E-state index < -0.39 is 0 Å². The number of aryl methyl sites for hydroxylation is 1. The highest BCUT2D eigenvalue weighted by atomic mass is 79.9. The van der Waals surface area contributed by atoms with E-state index in [4.69, 9.17) is 4.74 Å². The van der Waals surface area contributed by atoms with Crippen molar-refractivity contribution in [3.63, 3.8) is 0 Å². The molecule has 0 aliphatic heterocycles. The molecule has 1 aromatic rings. The summed E-state index contributed by atoms with van der Waals surface area (Å²) in [6.45, 7) is 2.00. The van der Waals surface area contributed by atoms with Gasteiger partial charge >= 0.3 is 0 Å². The molecule has 0 bridgehead atoms. The first kappa shape index (κ1) is 15.6. The topological polar surface area (TPSA) is 26.3 Å². The molecule has 0 amide bonds. The quantitative estimate of drug-likeness (QED) is 0.680. The van der Waals surface area contributed by atoms with Crippen molar-refractivity contribution in [1.29, 1.82) is 0 Å². The maximum Gasteiger partial charge on any atom is 0.166 e. The van der Waals surface area contributed by atoms with Crippen LogP contribution in [0.4, 0.5) is 0 Å². The maximum absolute atomic E-state index is 12.4. The van der Waals surface area contributed by atoms with Crippen LogP contribution in [-0.4, -0.2) is 12.9 Å². The third-order valence-electron chi connectivity index (χ3n) is 4.29. The van der Waals surface area contributed by atoms with Gasteiger partial charge in [-0.05, 0) is 37.0 Å². The second kappa shape index (κ2) is 7.26. The minimum absolute atomic E-state index is 0.202. The van der Waals surface area contributed by atoms with E-state index >= 15 is 0 Å². The van der Waals surface area contributed by atoms with Gasteiger partial charge in [0.1, 0.15) is 5.75 Å². The van der Waals surface area contributed by atoms with Crippen molar-refractivity contribution in [3.8, 4) is 5.75 Å². The molecule has 1 aromatic carbocycles. The third kappa shape index (κ3) is 3.85. The highest BCUT2D eigenvalue weighted by Crippen LogP contribution is 2.31. The molecule has 0 aromatic heterocycles. The van der Waals surface area contributed by atoms with Crippen molar-refractivity contribution in [2.75, 3.05) is 7.11 Å². The van der Waals surface area contributed by atoms with E-state index in [0.29, 0.717) is 17.7 Å². The smallest absolute Gasteiger partial charge is 0.166 e. The molecule has 0 radical (unpaired) electrons. The number of hydrogen-bond donors (Lipinski definition) is 0. The number of carbonyl (C=O) groups excluding carboxylic acids is 1. The molecule has 20 heavy (non-hydrogen) atoms. The third-order valence-corrected chi connectivity index (χ3v) is 5.14. The first-order valence-corrected chi connectivity index (χ1v) is 8.28. The van der Waals surface area contributed by atoms with Crippen LogP contribution >= 0.6 is 15.9 Å². The molecule has 110 valence electrons. The first-order valence-electron chi connectivity index (χ1n) is 7.49. The Hall–Kier alpha value is -0.830. The molecule has 0 spiro atoms. The van der Waals surface area contributed by atoms with Gasteiger partial charge in [0.15, 0.2) is 5.78 Å². The summed E-state index contributed by atoms with van der Waals surface area (Å²) < 4.78 is 6.32. The lowest BCUT2D eigenvalue weighted by Gasteiger charge is -2.21. The Kier molecular flexibility index (Phi) is 5.64. The van der Waals surface area contributed by atoms with Crippen molar-refractivity contribution >= 4 is 21.7 Å². The van der Waals surface area contributed by atoms with Gasteiger partial charge in [0.2, 0.25) is 0 Å². The highest BCUT2D eigenvalue weighted by molar-refractivity contribution is 9.10. The number of ether oxygens (including phenoxy) is 1. The summed E-state index contributed by atoms with van der Waals surface area (Å²) in [6, 6.07) is 3.83. The average molecular weight is 339 g/mol. The summed E-state index contributed by atoms with van der Waals surface area (Å²) in [5.41, 5.74) is 1.80. The van der Waals surface area contributed by atoms with Crippen molar-refractivity contribution < 1.29 is 9.53 Å². The molecule has 0 N–H and O–H groups in total. The van der Waals surface area contributed by atoms with Crippen molar-refractivity contribution in [1.82, 2.24) is 0 Å². The van der Waals surface area contributed by atoms with E-state index in [2.05, 4.69) is 15.9 Å². The van der Waals surface area contributed by atoms with Gasteiger partial charge in [-0.15, -0.1) is 0 Å². The van der Waals surface area contributed by atoms with Gasteiger partial charge in [0.25, 0.3) is 0 Å².